The van der Waals surface area contributed by atoms with Gasteiger partial charge in [0.1, 0.15) is 18.1 Å². The number of fused-ring (bicyclic) bond motifs is 5. The third-order valence-electron chi connectivity index (χ3n) is 6.89. The van der Waals surface area contributed by atoms with Crippen molar-refractivity contribution in [3.63, 3.8) is 0 Å². The Hall–Kier alpha value is -2.10. The summed E-state index contributed by atoms with van der Waals surface area (Å²) in [5.41, 5.74) is 3.86. The van der Waals surface area contributed by atoms with E-state index in [-0.39, 0.29) is 11.2 Å². The zero-order chi connectivity index (χ0) is 18.5. The predicted molar refractivity (Wildman–Crippen MR) is 101 cm³/mol. The molecule has 2 fully saturated rings. The summed E-state index contributed by atoms with van der Waals surface area (Å²) >= 11 is 0. The summed E-state index contributed by atoms with van der Waals surface area (Å²) in [6, 6.07) is 6.47. The molecule has 26 heavy (non-hydrogen) atoms. The molecule has 4 rings (SSSR count). The second-order valence-electron chi connectivity index (χ2n) is 8.56. The highest BCUT2D eigenvalue weighted by Gasteiger charge is 2.57. The number of Topliss-reactive ketones (excluding diaryl/α,β-unsaturated/α-hetero) is 1. The van der Waals surface area contributed by atoms with Gasteiger partial charge in [-0.25, -0.2) is 0 Å². The molecule has 0 saturated heterocycles. The van der Waals surface area contributed by atoms with Gasteiger partial charge in [0, 0.05) is 11.8 Å². The van der Waals surface area contributed by atoms with Gasteiger partial charge in [0.15, 0.2) is 5.78 Å². The number of carbonyl (C=O) groups is 1. The quantitative estimate of drug-likeness (QED) is 0.494. The summed E-state index contributed by atoms with van der Waals surface area (Å²) in [4.78, 5) is 12.7. The van der Waals surface area contributed by atoms with Crippen LogP contribution in [0.25, 0.3) is 0 Å². The number of ether oxygens (including phenoxy) is 1. The molecule has 2 saturated carbocycles. The predicted octanol–water partition coefficient (Wildman–Crippen LogP) is 4.51. The molecular weight excluding hydrogens is 326 g/mol. The summed E-state index contributed by atoms with van der Waals surface area (Å²) in [6.45, 7) is 8.49. The van der Waals surface area contributed by atoms with Crippen LogP contribution in [0.4, 0.5) is 0 Å². The number of benzene rings is 1. The van der Waals surface area contributed by atoms with Crippen molar-refractivity contribution < 1.29 is 14.7 Å². The van der Waals surface area contributed by atoms with E-state index in [0.29, 0.717) is 36.5 Å². The molecule has 138 valence electrons. The van der Waals surface area contributed by atoms with Crippen molar-refractivity contribution in [3.05, 3.63) is 41.5 Å². The van der Waals surface area contributed by atoms with Gasteiger partial charge in [0.2, 0.25) is 0 Å². The van der Waals surface area contributed by atoms with Crippen LogP contribution in [0.3, 0.4) is 0 Å². The summed E-state index contributed by atoms with van der Waals surface area (Å²) in [5, 5.41) is 12.5. The summed E-state index contributed by atoms with van der Waals surface area (Å²) in [6.07, 6.45) is 4.65. The van der Waals surface area contributed by atoms with Crippen LogP contribution in [0.15, 0.2) is 35.5 Å². The van der Waals surface area contributed by atoms with Crippen LogP contribution in [0, 0.1) is 17.3 Å². The Morgan fingerprint density at radius 1 is 1.42 bits per heavy atom. The SMILES string of the molecule is C=C(C)COc1ccc2c(c1)CCC1C2CCC2(C)C(=O)/C(=N/O)CC12. The average molecular weight is 353 g/mol. The minimum absolute atomic E-state index is 0.0674. The lowest BCUT2D eigenvalue weighted by molar-refractivity contribution is -0.125. The first kappa shape index (κ1) is 17.3. The Morgan fingerprint density at radius 2 is 2.23 bits per heavy atom. The van der Waals surface area contributed by atoms with Gasteiger partial charge in [-0.15, -0.1) is 0 Å². The van der Waals surface area contributed by atoms with E-state index in [9.17, 15) is 10.0 Å². The molecule has 0 aliphatic heterocycles. The molecule has 0 aromatic heterocycles. The lowest BCUT2D eigenvalue weighted by atomic mass is 9.55. The van der Waals surface area contributed by atoms with Crippen LogP contribution in [0.5, 0.6) is 5.75 Å². The van der Waals surface area contributed by atoms with Gasteiger partial charge < -0.3 is 9.94 Å². The number of nitrogens with zero attached hydrogens (tertiary/aromatic N) is 1. The van der Waals surface area contributed by atoms with E-state index in [0.717, 1.165) is 37.0 Å². The van der Waals surface area contributed by atoms with Crippen LogP contribution in [-0.4, -0.2) is 23.3 Å². The monoisotopic (exact) mass is 353 g/mol. The zero-order valence-electron chi connectivity index (χ0n) is 15.6. The maximum atomic E-state index is 12.7. The number of oxime groups is 1. The fourth-order valence-electron chi connectivity index (χ4n) is 5.55. The third kappa shape index (κ3) is 2.58. The van der Waals surface area contributed by atoms with Crippen LogP contribution in [0.1, 0.15) is 56.6 Å². The molecular formula is C22H27NO3. The number of hydrogen-bond acceptors (Lipinski definition) is 4. The number of aryl methyl sites for hydroxylation is 1. The number of carbonyl (C=O) groups excluding carboxylic acids is 1. The Bertz CT molecular complexity index is 797. The van der Waals surface area contributed by atoms with Crippen molar-refractivity contribution in [2.45, 2.75) is 51.9 Å². The van der Waals surface area contributed by atoms with E-state index in [4.69, 9.17) is 4.74 Å². The third-order valence-corrected chi connectivity index (χ3v) is 6.89. The van der Waals surface area contributed by atoms with E-state index >= 15 is 0 Å². The Labute approximate surface area is 154 Å². The van der Waals surface area contributed by atoms with Crippen molar-refractivity contribution in [1.82, 2.24) is 0 Å². The lowest BCUT2D eigenvalue weighted by Crippen LogP contribution is -2.42. The van der Waals surface area contributed by atoms with E-state index in [2.05, 4.69) is 36.9 Å². The normalized spacial score (nSPS) is 34.2. The van der Waals surface area contributed by atoms with Crippen molar-refractivity contribution in [2.75, 3.05) is 6.61 Å². The number of ketones is 1. The Balaban J connectivity index is 1.61. The molecule has 4 atom stereocenters. The maximum Gasteiger partial charge on any atom is 0.186 e. The molecule has 0 radical (unpaired) electrons. The van der Waals surface area contributed by atoms with Crippen LogP contribution in [0.2, 0.25) is 0 Å². The fourth-order valence-corrected chi connectivity index (χ4v) is 5.55. The van der Waals surface area contributed by atoms with E-state index in [1.165, 1.54) is 11.1 Å². The summed E-state index contributed by atoms with van der Waals surface area (Å²) < 4.78 is 5.81. The van der Waals surface area contributed by atoms with Gasteiger partial charge in [-0.3, -0.25) is 4.79 Å². The molecule has 0 spiro atoms. The summed E-state index contributed by atoms with van der Waals surface area (Å²) in [5.74, 6) is 2.27. The first-order valence-electron chi connectivity index (χ1n) is 9.60. The van der Waals surface area contributed by atoms with Gasteiger partial charge in [0.25, 0.3) is 0 Å². The van der Waals surface area contributed by atoms with Crippen molar-refractivity contribution in [2.24, 2.45) is 22.4 Å². The number of hydrogen-bond donors (Lipinski definition) is 1. The molecule has 1 aromatic carbocycles. The maximum absolute atomic E-state index is 12.7. The zero-order valence-corrected chi connectivity index (χ0v) is 15.6. The highest BCUT2D eigenvalue weighted by Crippen LogP contribution is 2.59. The lowest BCUT2D eigenvalue weighted by Gasteiger charge is -2.47. The van der Waals surface area contributed by atoms with Gasteiger partial charge in [-0.2, -0.15) is 0 Å². The van der Waals surface area contributed by atoms with Crippen LogP contribution < -0.4 is 4.74 Å². The molecule has 3 aliphatic rings. The van der Waals surface area contributed by atoms with E-state index in [1.807, 2.05) is 6.92 Å². The minimum atomic E-state index is -0.342. The van der Waals surface area contributed by atoms with Gasteiger partial charge in [-0.1, -0.05) is 24.7 Å². The first-order valence-corrected chi connectivity index (χ1v) is 9.60. The molecule has 0 bridgehead atoms. The van der Waals surface area contributed by atoms with Crippen molar-refractivity contribution >= 4 is 11.5 Å². The molecule has 0 amide bonds. The Morgan fingerprint density at radius 3 is 2.96 bits per heavy atom. The van der Waals surface area contributed by atoms with Crippen molar-refractivity contribution in [1.29, 1.82) is 0 Å². The smallest absolute Gasteiger partial charge is 0.186 e. The minimum Gasteiger partial charge on any atom is -0.489 e. The van der Waals surface area contributed by atoms with Gasteiger partial charge in [-0.05, 0) is 79.2 Å². The molecule has 4 heteroatoms. The second-order valence-corrected chi connectivity index (χ2v) is 8.56. The fraction of sp³-hybridized carbons (Fsp3) is 0.545. The van der Waals surface area contributed by atoms with E-state index < -0.39 is 0 Å². The highest BCUT2D eigenvalue weighted by molar-refractivity contribution is 6.43. The molecule has 0 heterocycles. The molecule has 3 aliphatic carbocycles. The van der Waals surface area contributed by atoms with E-state index in [1.54, 1.807) is 0 Å². The average Bonchev–Trinajstić information content (AvgIpc) is 2.90. The molecule has 4 unspecified atom stereocenters. The van der Waals surface area contributed by atoms with Crippen LogP contribution >= 0.6 is 0 Å². The van der Waals surface area contributed by atoms with Gasteiger partial charge in [0.05, 0.1) is 0 Å². The Kier molecular flexibility index (Phi) is 4.17. The highest BCUT2D eigenvalue weighted by atomic mass is 16.5. The van der Waals surface area contributed by atoms with Gasteiger partial charge >= 0.3 is 0 Å². The molecule has 1 N–H and O–H groups in total. The number of rotatable bonds is 3. The van der Waals surface area contributed by atoms with Crippen LogP contribution in [-0.2, 0) is 11.2 Å². The molecule has 4 nitrogen and oxygen atoms in total. The second kappa shape index (κ2) is 6.26. The van der Waals surface area contributed by atoms with Crippen molar-refractivity contribution in [3.8, 4) is 5.75 Å². The summed E-state index contributed by atoms with van der Waals surface area (Å²) in [7, 11) is 0. The molecule has 1 aromatic rings. The standard InChI is InChI=1S/C22H27NO3/c1-13(2)12-26-15-5-7-16-14(10-15)4-6-18-17(16)8-9-22(3)19(18)11-20(23-25)21(22)24/h5,7,10,17-19,25H,1,4,6,8-9,11-12H2,2-3H3/b23-20+. The topological polar surface area (TPSA) is 58.9 Å². The first-order chi connectivity index (χ1) is 12.4. The largest absolute Gasteiger partial charge is 0.489 e.